The second-order valence-corrected chi connectivity index (χ2v) is 24.3. The summed E-state index contributed by atoms with van der Waals surface area (Å²) in [4.78, 5) is 95.0. The van der Waals surface area contributed by atoms with Crippen LogP contribution in [0.1, 0.15) is 93.5 Å². The van der Waals surface area contributed by atoms with Crippen molar-refractivity contribution in [1.82, 2.24) is 10.6 Å². The molecule has 3 saturated heterocycles. The number of amides is 2. The number of carbonyl (C=O) groups is 8. The summed E-state index contributed by atoms with van der Waals surface area (Å²) in [6.45, 7) is 14.6. The van der Waals surface area contributed by atoms with Crippen LogP contribution in [0.25, 0.3) is 0 Å². The van der Waals surface area contributed by atoms with E-state index in [9.17, 15) is 60.3 Å². The van der Waals surface area contributed by atoms with E-state index >= 15 is 0 Å². The summed E-state index contributed by atoms with van der Waals surface area (Å²) in [7, 11) is -7.45. The van der Waals surface area contributed by atoms with Crippen LogP contribution in [-0.4, -0.2) is 194 Å². The van der Waals surface area contributed by atoms with Gasteiger partial charge in [0.25, 0.3) is 37.3 Å². The van der Waals surface area contributed by atoms with Crippen LogP contribution in [0.2, 0.25) is 0 Å². The number of halogens is 1. The first-order valence-electron chi connectivity index (χ1n) is 27.9. The SMILES string of the molecule is CC(=O)OC[C@H](OS(C)(=O)=O)[C@@H]1COC(c2cccc(OC(C)=O)c2C)=N1.CC(=O)Oc1cccc(C(=O)Cl)c1C.CC(=O)Oc1cccc(C(=O)N[C@H]2COC[C@@H]2O)c1C.CC(=O)Oc1cccc(C(=O)N[C@H]2COC[C@@H]2OS(C)(=O)=O)c1C.N[C@H]1COC[C@@H]1O. The third-order valence-corrected chi connectivity index (χ3v) is 14.4. The molecule has 0 bridgehead atoms. The van der Waals surface area contributed by atoms with Crippen molar-refractivity contribution in [3.8, 4) is 23.0 Å². The molecule has 0 radical (unpaired) electrons. The Morgan fingerprint density at radius 3 is 1.39 bits per heavy atom. The van der Waals surface area contributed by atoms with Gasteiger partial charge in [-0.15, -0.1) is 0 Å². The third-order valence-electron chi connectivity index (χ3n) is 13.0. The molecule has 92 heavy (non-hydrogen) atoms. The Morgan fingerprint density at radius 2 is 0.989 bits per heavy atom. The number of carbonyl (C=O) groups excluding carboxylic acids is 8. The van der Waals surface area contributed by atoms with Crippen LogP contribution in [0.5, 0.6) is 23.0 Å². The number of nitrogens with two attached hydrogens (primary N) is 1. The zero-order valence-electron chi connectivity index (χ0n) is 52.2. The lowest BCUT2D eigenvalue weighted by molar-refractivity contribution is -0.143. The van der Waals surface area contributed by atoms with Gasteiger partial charge in [-0.25, -0.2) is 4.99 Å². The smallest absolute Gasteiger partial charge is 0.308 e. The summed E-state index contributed by atoms with van der Waals surface area (Å²) in [5.41, 5.74) is 9.28. The first kappa shape index (κ1) is 76.6. The van der Waals surface area contributed by atoms with E-state index in [0.29, 0.717) is 80.7 Å². The van der Waals surface area contributed by atoms with Crippen LogP contribution in [0, 0.1) is 27.7 Å². The average Bonchev–Trinajstić information content (AvgIpc) is 1.55. The maximum Gasteiger partial charge on any atom is 0.308 e. The second-order valence-electron chi connectivity index (χ2n) is 20.7. The lowest BCUT2D eigenvalue weighted by Gasteiger charge is -2.19. The summed E-state index contributed by atoms with van der Waals surface area (Å²) in [6.07, 6.45) is -1.08. The Kier molecular flexibility index (Phi) is 29.9. The Morgan fingerprint density at radius 1 is 0.565 bits per heavy atom. The van der Waals surface area contributed by atoms with Crippen molar-refractivity contribution in [2.24, 2.45) is 10.7 Å². The van der Waals surface area contributed by atoms with Gasteiger partial charge in [-0.3, -0.25) is 46.7 Å². The van der Waals surface area contributed by atoms with Gasteiger partial charge < -0.3 is 69.2 Å². The van der Waals surface area contributed by atoms with Crippen LogP contribution in [-0.2, 0) is 76.3 Å². The Balaban J connectivity index is 0.000000257. The quantitative estimate of drug-likeness (QED) is 0.0439. The highest BCUT2D eigenvalue weighted by atomic mass is 35.5. The molecule has 0 saturated carbocycles. The minimum absolute atomic E-state index is 0.0496. The number of aliphatic imine (C=N–C) groups is 1. The molecule has 0 aromatic heterocycles. The molecule has 0 aliphatic carbocycles. The van der Waals surface area contributed by atoms with Gasteiger partial charge in [-0.1, -0.05) is 24.3 Å². The van der Waals surface area contributed by atoms with Crippen molar-refractivity contribution in [3.63, 3.8) is 0 Å². The van der Waals surface area contributed by atoms with E-state index in [1.165, 1.54) is 34.6 Å². The number of benzene rings is 4. The average molecular weight is 1350 g/mol. The van der Waals surface area contributed by atoms with Crippen LogP contribution in [0.3, 0.4) is 0 Å². The molecule has 4 aromatic carbocycles. The maximum atomic E-state index is 12.5. The van der Waals surface area contributed by atoms with E-state index in [2.05, 4.69) is 15.6 Å². The molecule has 4 aliphatic rings. The van der Waals surface area contributed by atoms with Crippen molar-refractivity contribution in [1.29, 1.82) is 0 Å². The number of ether oxygens (including phenoxy) is 9. The lowest BCUT2D eigenvalue weighted by Crippen LogP contribution is -2.44. The highest BCUT2D eigenvalue weighted by Gasteiger charge is 2.36. The number of aliphatic hydroxyl groups is 2. The van der Waals surface area contributed by atoms with Crippen molar-refractivity contribution in [2.75, 3.05) is 65.4 Å². The predicted molar refractivity (Wildman–Crippen MR) is 327 cm³/mol. The summed E-state index contributed by atoms with van der Waals surface area (Å²) >= 11 is 5.34. The van der Waals surface area contributed by atoms with Crippen molar-refractivity contribution in [3.05, 3.63) is 117 Å². The molecule has 6 N–H and O–H groups in total. The molecular weight excluding hydrogens is 1280 g/mol. The fourth-order valence-electron chi connectivity index (χ4n) is 8.53. The molecule has 29 nitrogen and oxygen atoms in total. The van der Waals surface area contributed by atoms with Gasteiger partial charge in [-0.05, 0) is 87.8 Å². The zero-order valence-corrected chi connectivity index (χ0v) is 54.6. The van der Waals surface area contributed by atoms with E-state index < -0.39 is 104 Å². The molecule has 4 aromatic rings. The van der Waals surface area contributed by atoms with E-state index in [0.717, 1.165) is 12.5 Å². The van der Waals surface area contributed by atoms with Gasteiger partial charge in [0.05, 0.1) is 82.5 Å². The topological polar surface area (TPSA) is 409 Å². The van der Waals surface area contributed by atoms with E-state index in [1.807, 2.05) is 0 Å². The van der Waals surface area contributed by atoms with E-state index in [-0.39, 0.29) is 57.5 Å². The minimum Gasteiger partial charge on any atom is -0.475 e. The fraction of sp³-hybridized carbons (Fsp3) is 0.450. The Hall–Kier alpha value is -7.82. The minimum atomic E-state index is -3.79. The molecule has 8 rings (SSSR count). The van der Waals surface area contributed by atoms with Gasteiger partial charge >= 0.3 is 29.8 Å². The molecule has 2 amide bonds. The van der Waals surface area contributed by atoms with Crippen LogP contribution in [0.15, 0.2) is 77.8 Å². The molecule has 8 atom stereocenters. The van der Waals surface area contributed by atoms with Gasteiger partial charge in [-0.2, -0.15) is 16.8 Å². The second kappa shape index (κ2) is 35.8. The van der Waals surface area contributed by atoms with Gasteiger partial charge in [0, 0.05) is 79.1 Å². The molecule has 0 unspecified atom stereocenters. The summed E-state index contributed by atoms with van der Waals surface area (Å²) < 4.78 is 101. The molecule has 4 aliphatic heterocycles. The van der Waals surface area contributed by atoms with E-state index in [1.54, 1.807) is 100 Å². The maximum absolute atomic E-state index is 12.5. The van der Waals surface area contributed by atoms with Crippen molar-refractivity contribution >= 4 is 84.6 Å². The number of hydrogen-bond donors (Lipinski definition) is 5. The summed E-state index contributed by atoms with van der Waals surface area (Å²) in [5.74, 6) is -1.48. The molecule has 32 heteroatoms. The fourth-order valence-corrected chi connectivity index (χ4v) is 10.0. The predicted octanol–water partition coefficient (Wildman–Crippen LogP) is 2.78. The first-order chi connectivity index (χ1) is 43.0. The standard InChI is InChI=1S/C17H21NO8S.C15H19NO7S.C14H17NO5.C10H9ClO3.C4H9NO2/c1-10-13(6-5-7-15(10)25-12(3)20)17-18-14(8-24-17)16(9-23-11(2)19)26-27(4,21)22;1-9-11(5-4-6-13(9)22-10(2)17)15(18)16-12-7-21-8-14(12)23-24(3,19)20;1-8-10(4-3-5-13(8)20-9(2)16)14(18)15-11-6-19-7-12(11)17;1-6-8(10(11)13)4-3-5-9(6)14-7(2)12;5-3-1-7-2-4(3)6/h5-7,14,16H,8-9H2,1-4H3;4-6,12,14H,7-8H2,1-3H3,(H,16,18);3-5,11-12,17H,6-7H2,1-2H3,(H,15,18);3-5H,1-2H3;3-4,6H,1-2,5H2/t14-,16-;12-,14-;11-,12-;;3-,4-/m000.0/s1. The number of nitrogens with zero attached hydrogens (tertiary/aromatic N) is 1. The van der Waals surface area contributed by atoms with Crippen LogP contribution < -0.4 is 35.3 Å². The lowest BCUT2D eigenvalue weighted by atomic mass is 10.1. The first-order valence-corrected chi connectivity index (χ1v) is 32.0. The summed E-state index contributed by atoms with van der Waals surface area (Å²) in [6, 6.07) is 17.7. The number of aliphatic hydroxyl groups excluding tert-OH is 2. The number of nitrogens with one attached hydrogen (secondary N) is 2. The third kappa shape index (κ3) is 25.3. The van der Waals surface area contributed by atoms with Crippen LogP contribution >= 0.6 is 11.6 Å². The van der Waals surface area contributed by atoms with Gasteiger partial charge in [0.1, 0.15) is 54.5 Å². The van der Waals surface area contributed by atoms with Crippen LogP contribution in [0.4, 0.5) is 0 Å². The molecule has 3 fully saturated rings. The number of hydrogen-bond acceptors (Lipinski definition) is 27. The number of esters is 5. The Bertz CT molecular complexity index is 3560. The number of rotatable bonds is 17. The van der Waals surface area contributed by atoms with Gasteiger partial charge in [0.15, 0.2) is 0 Å². The van der Waals surface area contributed by atoms with Crippen molar-refractivity contribution in [2.45, 2.75) is 111 Å². The highest BCUT2D eigenvalue weighted by Crippen LogP contribution is 2.28. The molecule has 4 heterocycles. The van der Waals surface area contributed by atoms with E-state index in [4.69, 9.17) is 73.4 Å². The van der Waals surface area contributed by atoms with Crippen molar-refractivity contribution < 1.29 is 116 Å². The summed E-state index contributed by atoms with van der Waals surface area (Å²) in [5, 5.41) is 23.2. The zero-order chi connectivity index (χ0) is 68.8. The molecule has 0 spiro atoms. The molecule has 504 valence electrons. The normalized spacial score (nSPS) is 19.9. The highest BCUT2D eigenvalue weighted by molar-refractivity contribution is 7.86. The molecular formula is C60H75ClN4O25S2. The monoisotopic (exact) mass is 1350 g/mol. The largest absolute Gasteiger partial charge is 0.475 e. The Labute approximate surface area is 536 Å². The van der Waals surface area contributed by atoms with Gasteiger partial charge in [0.2, 0.25) is 5.90 Å².